The van der Waals surface area contributed by atoms with Crippen molar-refractivity contribution < 1.29 is 13.9 Å². The molecule has 0 radical (unpaired) electrons. The molecule has 3 N–H and O–H groups in total. The number of benzene rings is 1. The summed E-state index contributed by atoms with van der Waals surface area (Å²) in [5.74, 6) is 0.00921. The van der Waals surface area contributed by atoms with Crippen LogP contribution in [0.1, 0.15) is 32.3 Å². The summed E-state index contributed by atoms with van der Waals surface area (Å²) in [6.07, 6.45) is 2.20. The van der Waals surface area contributed by atoms with Crippen LogP contribution in [0.5, 0.6) is 5.75 Å². The summed E-state index contributed by atoms with van der Waals surface area (Å²) in [5.41, 5.74) is 6.59. The lowest BCUT2D eigenvalue weighted by molar-refractivity contribution is -0.123. The predicted octanol–water partition coefficient (Wildman–Crippen LogP) is 2.01. The van der Waals surface area contributed by atoms with Crippen molar-refractivity contribution in [2.75, 3.05) is 13.2 Å². The van der Waals surface area contributed by atoms with Gasteiger partial charge in [-0.2, -0.15) is 0 Å². The minimum atomic E-state index is -0.328. The van der Waals surface area contributed by atoms with Gasteiger partial charge in [0, 0.05) is 12.6 Å². The Hall–Kier alpha value is -1.62. The molecular weight excluding hydrogens is 259 g/mol. The molecule has 0 heterocycles. The van der Waals surface area contributed by atoms with E-state index in [-0.39, 0.29) is 24.4 Å². The quantitative estimate of drug-likeness (QED) is 0.766. The third-order valence-electron chi connectivity index (χ3n) is 2.96. The topological polar surface area (TPSA) is 64.3 Å². The highest BCUT2D eigenvalue weighted by Gasteiger charge is 2.11. The molecule has 0 saturated carbocycles. The van der Waals surface area contributed by atoms with E-state index in [9.17, 15) is 9.18 Å². The lowest BCUT2D eigenvalue weighted by Gasteiger charge is -2.14. The summed E-state index contributed by atoms with van der Waals surface area (Å²) in [5, 5.41) is 2.72. The molecule has 5 heteroatoms. The van der Waals surface area contributed by atoms with Crippen LogP contribution < -0.4 is 15.8 Å². The molecule has 1 amide bonds. The van der Waals surface area contributed by atoms with Crippen molar-refractivity contribution in [2.24, 2.45) is 5.73 Å². The number of ether oxygens (including phenoxy) is 1. The maximum Gasteiger partial charge on any atom is 0.257 e. The second-order valence-corrected chi connectivity index (χ2v) is 4.76. The number of halogens is 1. The molecule has 0 aliphatic heterocycles. The third kappa shape index (κ3) is 5.57. The van der Waals surface area contributed by atoms with Gasteiger partial charge in [0.2, 0.25) is 0 Å². The van der Waals surface area contributed by atoms with Gasteiger partial charge in [-0.1, -0.05) is 13.8 Å². The van der Waals surface area contributed by atoms with Crippen molar-refractivity contribution in [1.82, 2.24) is 5.32 Å². The lowest BCUT2D eigenvalue weighted by atomic mass is 10.0. The summed E-state index contributed by atoms with van der Waals surface area (Å²) < 4.78 is 18.8. The largest absolute Gasteiger partial charge is 0.483 e. The summed E-state index contributed by atoms with van der Waals surface area (Å²) >= 11 is 0. The number of hydrogen-bond acceptors (Lipinski definition) is 3. The van der Waals surface area contributed by atoms with Gasteiger partial charge in [-0.15, -0.1) is 0 Å². The van der Waals surface area contributed by atoms with E-state index in [1.54, 1.807) is 6.07 Å². The predicted molar refractivity (Wildman–Crippen MR) is 77.2 cm³/mol. The summed E-state index contributed by atoms with van der Waals surface area (Å²) in [7, 11) is 0. The zero-order valence-corrected chi connectivity index (χ0v) is 12.1. The Labute approximate surface area is 119 Å². The van der Waals surface area contributed by atoms with Crippen LogP contribution in [-0.4, -0.2) is 25.1 Å². The molecule has 0 aliphatic rings. The van der Waals surface area contributed by atoms with Crippen LogP contribution in [-0.2, 0) is 11.2 Å². The first-order valence-electron chi connectivity index (χ1n) is 7.00. The molecule has 0 aromatic heterocycles. The van der Waals surface area contributed by atoms with Crippen molar-refractivity contribution >= 4 is 5.91 Å². The number of carbonyl (C=O) groups excluding carboxylic acids is 1. The number of amides is 1. The molecule has 20 heavy (non-hydrogen) atoms. The van der Waals surface area contributed by atoms with Gasteiger partial charge in [-0.25, -0.2) is 4.39 Å². The zero-order chi connectivity index (χ0) is 15.0. The Morgan fingerprint density at radius 1 is 1.45 bits per heavy atom. The smallest absolute Gasteiger partial charge is 0.257 e. The molecule has 0 fully saturated rings. The Kier molecular flexibility index (Phi) is 7.01. The number of hydrogen-bond donors (Lipinski definition) is 2. The van der Waals surface area contributed by atoms with E-state index in [0.29, 0.717) is 24.3 Å². The lowest BCUT2D eigenvalue weighted by Crippen LogP contribution is -2.29. The monoisotopic (exact) mass is 282 g/mol. The van der Waals surface area contributed by atoms with E-state index < -0.39 is 0 Å². The Balaban J connectivity index is 2.66. The average molecular weight is 282 g/mol. The Morgan fingerprint density at radius 3 is 2.85 bits per heavy atom. The molecule has 0 spiro atoms. The van der Waals surface area contributed by atoms with Crippen molar-refractivity contribution in [3.63, 3.8) is 0 Å². The van der Waals surface area contributed by atoms with Gasteiger partial charge >= 0.3 is 0 Å². The minimum Gasteiger partial charge on any atom is -0.483 e. The Morgan fingerprint density at radius 2 is 2.20 bits per heavy atom. The molecule has 0 bridgehead atoms. The molecule has 112 valence electrons. The molecule has 1 unspecified atom stereocenters. The van der Waals surface area contributed by atoms with Crippen LogP contribution in [0, 0.1) is 5.82 Å². The number of nitrogens with two attached hydrogens (primary N) is 1. The first-order chi connectivity index (χ1) is 9.56. The fourth-order valence-electron chi connectivity index (χ4n) is 1.73. The van der Waals surface area contributed by atoms with Crippen LogP contribution in [0.15, 0.2) is 18.2 Å². The van der Waals surface area contributed by atoms with Crippen LogP contribution in [0.25, 0.3) is 0 Å². The Bertz CT molecular complexity index is 438. The highest BCUT2D eigenvalue weighted by atomic mass is 19.1. The maximum absolute atomic E-state index is 13.3. The first-order valence-corrected chi connectivity index (χ1v) is 7.00. The maximum atomic E-state index is 13.3. The van der Waals surface area contributed by atoms with Crippen LogP contribution in [0.4, 0.5) is 4.39 Å². The van der Waals surface area contributed by atoms with Crippen molar-refractivity contribution in [1.29, 1.82) is 0 Å². The normalized spacial score (nSPS) is 12.0. The number of rotatable bonds is 8. The van der Waals surface area contributed by atoms with E-state index in [0.717, 1.165) is 12.8 Å². The minimum absolute atomic E-state index is 0.0481. The van der Waals surface area contributed by atoms with Gasteiger partial charge in [0.15, 0.2) is 6.61 Å². The van der Waals surface area contributed by atoms with Gasteiger partial charge in [0.1, 0.15) is 11.6 Å². The van der Waals surface area contributed by atoms with Crippen LogP contribution in [0.2, 0.25) is 0 Å². The highest BCUT2D eigenvalue weighted by molar-refractivity contribution is 5.77. The molecule has 0 saturated heterocycles. The van der Waals surface area contributed by atoms with Gasteiger partial charge in [-0.3, -0.25) is 4.79 Å². The van der Waals surface area contributed by atoms with Crippen molar-refractivity contribution in [2.45, 2.75) is 39.2 Å². The fourth-order valence-corrected chi connectivity index (χ4v) is 1.73. The zero-order valence-electron chi connectivity index (χ0n) is 12.1. The standard InChI is InChI=1S/C15H23FN2O2/c1-3-7-18-15(19)10-20-14-6-5-12(16)8-11(14)9-13(17)4-2/h5-6,8,13H,3-4,7,9-10,17H2,1-2H3,(H,18,19). The van der Waals surface area contributed by atoms with Crippen molar-refractivity contribution in [3.8, 4) is 5.75 Å². The third-order valence-corrected chi connectivity index (χ3v) is 2.96. The molecule has 4 nitrogen and oxygen atoms in total. The number of carbonyl (C=O) groups is 1. The highest BCUT2D eigenvalue weighted by Crippen LogP contribution is 2.21. The number of nitrogens with one attached hydrogen (secondary N) is 1. The van der Waals surface area contributed by atoms with Crippen LogP contribution in [0.3, 0.4) is 0 Å². The van der Waals surface area contributed by atoms with Crippen LogP contribution >= 0.6 is 0 Å². The van der Waals surface area contributed by atoms with E-state index in [4.69, 9.17) is 10.5 Å². The van der Waals surface area contributed by atoms with Gasteiger partial charge in [-0.05, 0) is 43.0 Å². The van der Waals surface area contributed by atoms with Gasteiger partial charge in [0.25, 0.3) is 5.91 Å². The second-order valence-electron chi connectivity index (χ2n) is 4.76. The van der Waals surface area contributed by atoms with E-state index >= 15 is 0 Å². The first kappa shape index (κ1) is 16.4. The molecule has 1 aromatic rings. The fraction of sp³-hybridized carbons (Fsp3) is 0.533. The SMILES string of the molecule is CCCNC(=O)COc1ccc(F)cc1CC(N)CC. The molecular formula is C15H23FN2O2. The van der Waals surface area contributed by atoms with Crippen molar-refractivity contribution in [3.05, 3.63) is 29.6 Å². The second kappa shape index (κ2) is 8.53. The molecule has 1 rings (SSSR count). The molecule has 0 aliphatic carbocycles. The van der Waals surface area contributed by atoms with E-state index in [1.807, 2.05) is 13.8 Å². The average Bonchev–Trinajstić information content (AvgIpc) is 2.44. The summed E-state index contributed by atoms with van der Waals surface area (Å²) in [4.78, 5) is 11.5. The van der Waals surface area contributed by atoms with E-state index in [2.05, 4.69) is 5.32 Å². The van der Waals surface area contributed by atoms with Gasteiger partial charge < -0.3 is 15.8 Å². The summed E-state index contributed by atoms with van der Waals surface area (Å²) in [6, 6.07) is 4.22. The van der Waals surface area contributed by atoms with Gasteiger partial charge in [0.05, 0.1) is 0 Å². The molecule has 1 aromatic carbocycles. The summed E-state index contributed by atoms with van der Waals surface area (Å²) in [6.45, 7) is 4.51. The van der Waals surface area contributed by atoms with E-state index in [1.165, 1.54) is 12.1 Å². The molecule has 1 atom stereocenters.